The van der Waals surface area contributed by atoms with Crippen molar-refractivity contribution in [1.29, 1.82) is 0 Å². The number of aromatic nitrogens is 2. The zero-order valence-corrected chi connectivity index (χ0v) is 11.8. The van der Waals surface area contributed by atoms with Crippen molar-refractivity contribution in [3.05, 3.63) is 10.8 Å². The summed E-state index contributed by atoms with van der Waals surface area (Å²) < 4.78 is 0.987. The largest absolute Gasteiger partial charge is 0.372 e. The Morgan fingerprint density at radius 3 is 2.88 bits per heavy atom. The van der Waals surface area contributed by atoms with Crippen molar-refractivity contribution >= 4 is 33.5 Å². The van der Waals surface area contributed by atoms with E-state index in [2.05, 4.69) is 31.2 Å². The Balaban J connectivity index is 1.97. The SMILES string of the molecule is CNc1ncnc(SCC2CCCC2)c1Br. The fraction of sp³-hybridized carbons (Fsp3) is 0.636. The van der Waals surface area contributed by atoms with E-state index in [9.17, 15) is 0 Å². The number of rotatable bonds is 4. The maximum atomic E-state index is 4.31. The van der Waals surface area contributed by atoms with Gasteiger partial charge >= 0.3 is 0 Å². The predicted octanol–water partition coefficient (Wildman–Crippen LogP) is 3.56. The van der Waals surface area contributed by atoms with E-state index in [-0.39, 0.29) is 0 Å². The molecule has 0 radical (unpaired) electrons. The second-order valence-electron chi connectivity index (χ2n) is 4.05. The Morgan fingerprint density at radius 2 is 2.19 bits per heavy atom. The molecule has 16 heavy (non-hydrogen) atoms. The van der Waals surface area contributed by atoms with Crippen LogP contribution in [-0.2, 0) is 0 Å². The van der Waals surface area contributed by atoms with Gasteiger partial charge in [-0.05, 0) is 34.7 Å². The lowest BCUT2D eigenvalue weighted by Gasteiger charge is -2.10. The summed E-state index contributed by atoms with van der Waals surface area (Å²) in [4.78, 5) is 8.47. The molecule has 5 heteroatoms. The molecule has 0 bridgehead atoms. The summed E-state index contributed by atoms with van der Waals surface area (Å²) in [6.07, 6.45) is 7.19. The zero-order valence-electron chi connectivity index (χ0n) is 9.37. The van der Waals surface area contributed by atoms with Crippen molar-refractivity contribution in [2.75, 3.05) is 18.1 Å². The lowest BCUT2D eigenvalue weighted by atomic mass is 10.1. The van der Waals surface area contributed by atoms with Crippen LogP contribution in [0.5, 0.6) is 0 Å². The van der Waals surface area contributed by atoms with Crippen molar-refractivity contribution in [1.82, 2.24) is 9.97 Å². The Kier molecular flexibility index (Phi) is 4.46. The molecule has 1 heterocycles. The zero-order chi connectivity index (χ0) is 11.4. The van der Waals surface area contributed by atoms with Gasteiger partial charge in [0.05, 0.1) is 4.47 Å². The molecule has 88 valence electrons. The van der Waals surface area contributed by atoms with Crippen LogP contribution in [0, 0.1) is 5.92 Å². The molecular formula is C11H16BrN3S. The molecule has 0 aromatic carbocycles. The van der Waals surface area contributed by atoms with Crippen LogP contribution in [-0.4, -0.2) is 22.8 Å². The third-order valence-electron chi connectivity index (χ3n) is 2.92. The lowest BCUT2D eigenvalue weighted by Crippen LogP contribution is -2.00. The number of anilines is 1. The Bertz CT molecular complexity index is 353. The summed E-state index contributed by atoms with van der Waals surface area (Å²) in [5.41, 5.74) is 0. The average Bonchev–Trinajstić information content (AvgIpc) is 2.81. The molecule has 1 aromatic rings. The molecule has 3 nitrogen and oxygen atoms in total. The standard InChI is InChI=1S/C11H16BrN3S/c1-13-10-9(12)11(15-7-14-10)16-6-8-4-2-3-5-8/h7-8H,2-6H2,1H3,(H,13,14,15). The van der Waals surface area contributed by atoms with Gasteiger partial charge < -0.3 is 5.32 Å². The molecule has 1 saturated carbocycles. The van der Waals surface area contributed by atoms with Gasteiger partial charge in [0.25, 0.3) is 0 Å². The number of hydrogen-bond donors (Lipinski definition) is 1. The summed E-state index contributed by atoms with van der Waals surface area (Å²) in [7, 11) is 1.87. The Morgan fingerprint density at radius 1 is 1.44 bits per heavy atom. The van der Waals surface area contributed by atoms with Gasteiger partial charge in [-0.1, -0.05) is 12.8 Å². The van der Waals surface area contributed by atoms with E-state index in [1.165, 1.54) is 31.4 Å². The van der Waals surface area contributed by atoms with Crippen LogP contribution in [0.3, 0.4) is 0 Å². The summed E-state index contributed by atoms with van der Waals surface area (Å²) in [6, 6.07) is 0. The number of halogens is 1. The molecule has 0 amide bonds. The van der Waals surface area contributed by atoms with Gasteiger partial charge in [-0.2, -0.15) is 0 Å². The first-order valence-corrected chi connectivity index (χ1v) is 7.40. The van der Waals surface area contributed by atoms with E-state index in [0.29, 0.717) is 0 Å². The van der Waals surface area contributed by atoms with Gasteiger partial charge in [0.1, 0.15) is 17.2 Å². The van der Waals surface area contributed by atoms with E-state index < -0.39 is 0 Å². The van der Waals surface area contributed by atoms with E-state index in [0.717, 1.165) is 21.2 Å². The molecule has 0 unspecified atom stereocenters. The van der Waals surface area contributed by atoms with E-state index in [1.807, 2.05) is 18.8 Å². The molecule has 2 rings (SSSR count). The Labute approximate surface area is 109 Å². The van der Waals surface area contributed by atoms with Crippen molar-refractivity contribution in [2.45, 2.75) is 30.7 Å². The summed E-state index contributed by atoms with van der Waals surface area (Å²) in [6.45, 7) is 0. The minimum absolute atomic E-state index is 0.865. The third kappa shape index (κ3) is 2.88. The van der Waals surface area contributed by atoms with Gasteiger partial charge in [-0.15, -0.1) is 11.8 Å². The number of nitrogens with zero attached hydrogens (tertiary/aromatic N) is 2. The fourth-order valence-corrected chi connectivity index (χ4v) is 3.82. The van der Waals surface area contributed by atoms with Gasteiger partial charge in [-0.3, -0.25) is 0 Å². The molecule has 0 aliphatic heterocycles. The van der Waals surface area contributed by atoms with Crippen LogP contribution in [0.2, 0.25) is 0 Å². The highest BCUT2D eigenvalue weighted by molar-refractivity contribution is 9.10. The topological polar surface area (TPSA) is 37.8 Å². The number of thioether (sulfide) groups is 1. The van der Waals surface area contributed by atoms with Crippen LogP contribution in [0.1, 0.15) is 25.7 Å². The van der Waals surface area contributed by atoms with E-state index >= 15 is 0 Å². The third-order valence-corrected chi connectivity index (χ3v) is 5.16. The molecule has 1 aromatic heterocycles. The minimum atomic E-state index is 0.865. The van der Waals surface area contributed by atoms with Crippen molar-refractivity contribution in [2.24, 2.45) is 5.92 Å². The first kappa shape index (κ1) is 12.2. The average molecular weight is 302 g/mol. The van der Waals surface area contributed by atoms with Crippen LogP contribution in [0.15, 0.2) is 15.8 Å². The van der Waals surface area contributed by atoms with Crippen molar-refractivity contribution in [3.63, 3.8) is 0 Å². The Hall–Kier alpha value is -0.290. The quantitative estimate of drug-likeness (QED) is 0.681. The molecular weight excluding hydrogens is 286 g/mol. The number of nitrogens with one attached hydrogen (secondary N) is 1. The monoisotopic (exact) mass is 301 g/mol. The predicted molar refractivity (Wildman–Crippen MR) is 72.0 cm³/mol. The number of hydrogen-bond acceptors (Lipinski definition) is 4. The summed E-state index contributed by atoms with van der Waals surface area (Å²) in [5, 5.41) is 4.10. The van der Waals surface area contributed by atoms with Crippen LogP contribution in [0.25, 0.3) is 0 Å². The van der Waals surface area contributed by atoms with Gasteiger partial charge in [0, 0.05) is 12.8 Å². The molecule has 0 atom stereocenters. The van der Waals surface area contributed by atoms with Crippen LogP contribution >= 0.6 is 27.7 Å². The lowest BCUT2D eigenvalue weighted by molar-refractivity contribution is 0.622. The maximum Gasteiger partial charge on any atom is 0.144 e. The fourth-order valence-electron chi connectivity index (χ4n) is 2.00. The first-order valence-electron chi connectivity index (χ1n) is 5.62. The van der Waals surface area contributed by atoms with Crippen molar-refractivity contribution in [3.8, 4) is 0 Å². The van der Waals surface area contributed by atoms with Crippen LogP contribution in [0.4, 0.5) is 5.82 Å². The highest BCUT2D eigenvalue weighted by Gasteiger charge is 2.16. The minimum Gasteiger partial charge on any atom is -0.372 e. The van der Waals surface area contributed by atoms with E-state index in [1.54, 1.807) is 6.33 Å². The summed E-state index contributed by atoms with van der Waals surface area (Å²) >= 11 is 5.38. The molecule has 1 aliphatic carbocycles. The van der Waals surface area contributed by atoms with Gasteiger partial charge in [0.15, 0.2) is 0 Å². The highest BCUT2D eigenvalue weighted by Crippen LogP contribution is 2.34. The molecule has 1 N–H and O–H groups in total. The van der Waals surface area contributed by atoms with Crippen LogP contribution < -0.4 is 5.32 Å². The molecule has 1 fully saturated rings. The smallest absolute Gasteiger partial charge is 0.144 e. The molecule has 0 spiro atoms. The second kappa shape index (κ2) is 5.87. The second-order valence-corrected chi connectivity index (χ2v) is 5.85. The van der Waals surface area contributed by atoms with Gasteiger partial charge in [-0.25, -0.2) is 9.97 Å². The van der Waals surface area contributed by atoms with Gasteiger partial charge in [0.2, 0.25) is 0 Å². The normalized spacial score (nSPS) is 16.6. The van der Waals surface area contributed by atoms with E-state index in [4.69, 9.17) is 0 Å². The van der Waals surface area contributed by atoms with Crippen molar-refractivity contribution < 1.29 is 0 Å². The maximum absolute atomic E-state index is 4.31. The first-order chi connectivity index (χ1) is 7.81. The highest BCUT2D eigenvalue weighted by atomic mass is 79.9. The molecule has 0 saturated heterocycles. The molecule has 1 aliphatic rings. The summed E-state index contributed by atoms with van der Waals surface area (Å²) in [5.74, 6) is 2.92.